The summed E-state index contributed by atoms with van der Waals surface area (Å²) >= 11 is 8.03. The second-order valence-corrected chi connectivity index (χ2v) is 30.7. The van der Waals surface area contributed by atoms with Gasteiger partial charge in [0.15, 0.2) is 12.1 Å². The summed E-state index contributed by atoms with van der Waals surface area (Å²) in [6, 6.07) is 22.9. The quantitative estimate of drug-likeness (QED) is 0.0721. The van der Waals surface area contributed by atoms with Crippen molar-refractivity contribution < 1.29 is 53.0 Å². The summed E-state index contributed by atoms with van der Waals surface area (Å²) in [6.07, 6.45) is 1.22. The van der Waals surface area contributed by atoms with Gasteiger partial charge in [-0.2, -0.15) is 0 Å². The van der Waals surface area contributed by atoms with Gasteiger partial charge in [0.2, 0.25) is 41.4 Å². The molecule has 3 aliphatic rings. The van der Waals surface area contributed by atoms with E-state index in [1.807, 2.05) is 75.0 Å². The van der Waals surface area contributed by atoms with Gasteiger partial charge in [0.1, 0.15) is 42.3 Å². The van der Waals surface area contributed by atoms with Crippen molar-refractivity contribution in [1.82, 2.24) is 45.3 Å². The molecule has 4 aromatic carbocycles. The molecule has 2 saturated heterocycles. The minimum absolute atomic E-state index is 0.00676. The SMILES string of the molecule is CC[C@@H](C)[C@H]1OC(=O)[C@@H](C(C)(C)O)N(C)C(=O)[C@H](CC(C)C)NC(=O)[C@H](C(C)C)N(C)C(=O)[C@H]([C@@H](C)CC)NC(=O)[C@@H]2CCCN2C(=O)[C@H](Cc2ccccc2)N(C)C(=O)[C@H](Cc2ccccc2)NC(=O)[C@H](C(C)C)N(C)C1=O.CN(C)CCCN1c2ccccc2Sc2ccc(Cl)cc21. The molecule has 0 aliphatic carbocycles. The number of nitrogens with zero attached hydrogens (tertiary/aromatic N) is 7. The van der Waals surface area contributed by atoms with E-state index in [9.17, 15) is 38.7 Å². The highest BCUT2D eigenvalue weighted by atomic mass is 35.5. The third-order valence-corrected chi connectivity index (χ3v) is 20.8. The number of esters is 1. The zero-order valence-electron chi connectivity index (χ0n) is 62.1. The Morgan fingerprint density at radius 2 is 1.14 bits per heavy atom. The maximum absolute atomic E-state index is 15.3. The van der Waals surface area contributed by atoms with Crippen LogP contribution in [0.15, 0.2) is 113 Å². The summed E-state index contributed by atoms with van der Waals surface area (Å²) in [5.41, 5.74) is 1.96. The number of anilines is 2. The van der Waals surface area contributed by atoms with Crippen molar-refractivity contribution in [2.24, 2.45) is 29.6 Å². The van der Waals surface area contributed by atoms with Crippen LogP contribution in [-0.2, 0) is 60.7 Å². The van der Waals surface area contributed by atoms with Gasteiger partial charge in [-0.25, -0.2) is 4.79 Å². The van der Waals surface area contributed by atoms with E-state index in [0.717, 1.165) is 35.0 Å². The fraction of sp³-hybridized carbons (Fsp3) is 0.571. The van der Waals surface area contributed by atoms with Gasteiger partial charge in [-0.05, 0) is 132 Å². The normalized spacial score (nSPS) is 23.7. The third kappa shape index (κ3) is 20.8. The fourth-order valence-electron chi connectivity index (χ4n) is 13.6. The molecule has 100 heavy (non-hydrogen) atoms. The number of ether oxygens (including phenoxy) is 1. The maximum atomic E-state index is 15.3. The van der Waals surface area contributed by atoms with Gasteiger partial charge in [0.05, 0.1) is 17.0 Å². The number of hydrogen-bond acceptors (Lipinski definition) is 14. The van der Waals surface area contributed by atoms with Crippen molar-refractivity contribution >= 4 is 88.0 Å². The number of aliphatic hydroxyl groups is 1. The van der Waals surface area contributed by atoms with Crippen molar-refractivity contribution in [3.05, 3.63) is 119 Å². The van der Waals surface area contributed by atoms with Crippen LogP contribution >= 0.6 is 23.4 Å². The van der Waals surface area contributed by atoms with Gasteiger partial charge in [0.25, 0.3) is 5.91 Å². The molecule has 0 saturated carbocycles. The molecule has 4 N–H and O–H groups in total. The Bertz CT molecular complexity index is 3450. The number of halogens is 1. The molecule has 3 heterocycles. The number of carbonyl (C=O) groups is 9. The first kappa shape index (κ1) is 81.4. The lowest BCUT2D eigenvalue weighted by molar-refractivity contribution is -0.177. The van der Waals surface area contributed by atoms with Crippen LogP contribution in [0.3, 0.4) is 0 Å². The molecule has 548 valence electrons. The van der Waals surface area contributed by atoms with E-state index in [4.69, 9.17) is 16.3 Å². The van der Waals surface area contributed by atoms with E-state index < -0.39 is 137 Å². The number of fused-ring (bicyclic) bond motifs is 3. The van der Waals surface area contributed by atoms with Crippen LogP contribution in [0.5, 0.6) is 0 Å². The molecule has 7 rings (SSSR count). The van der Waals surface area contributed by atoms with Crippen molar-refractivity contribution in [2.75, 3.05) is 66.8 Å². The first-order valence-electron chi connectivity index (χ1n) is 35.4. The highest BCUT2D eigenvalue weighted by Gasteiger charge is 2.48. The van der Waals surface area contributed by atoms with Crippen molar-refractivity contribution in [3.8, 4) is 0 Å². The molecule has 0 radical (unpaired) electrons. The van der Waals surface area contributed by atoms with Gasteiger partial charge in [0, 0.05) is 74.9 Å². The average molecular weight is 1420 g/mol. The van der Waals surface area contributed by atoms with Gasteiger partial charge < -0.3 is 60.1 Å². The number of likely N-dealkylation sites (N-methyl/N-ethyl adjacent to an activating group) is 4. The van der Waals surface area contributed by atoms with E-state index in [0.29, 0.717) is 24.8 Å². The number of cyclic esters (lactones) is 1. The Labute approximate surface area is 603 Å². The van der Waals surface area contributed by atoms with E-state index in [1.54, 1.807) is 72.7 Å². The smallest absolute Gasteiger partial charge is 0.332 e. The number of rotatable bonds is 17. The minimum Gasteiger partial charge on any atom is -0.450 e. The summed E-state index contributed by atoms with van der Waals surface area (Å²) in [4.78, 5) is 148. The molecule has 8 amide bonds. The largest absolute Gasteiger partial charge is 0.450 e. The molecule has 23 heteroatoms. The molecule has 0 bridgehead atoms. The highest BCUT2D eigenvalue weighted by Crippen LogP contribution is 2.49. The van der Waals surface area contributed by atoms with Crippen molar-refractivity contribution in [2.45, 2.75) is 204 Å². The fourth-order valence-corrected chi connectivity index (χ4v) is 14.8. The number of hydrogen-bond donors (Lipinski definition) is 4. The van der Waals surface area contributed by atoms with Crippen LogP contribution in [0.2, 0.25) is 5.02 Å². The van der Waals surface area contributed by atoms with Crippen LogP contribution in [-0.4, -0.2) is 210 Å². The average Bonchev–Trinajstić information content (AvgIpc) is 1.59. The second kappa shape index (κ2) is 36.9. The topological polar surface area (TPSA) is 242 Å². The maximum Gasteiger partial charge on any atom is 0.332 e. The summed E-state index contributed by atoms with van der Waals surface area (Å²) in [6.45, 7) is 22.7. The van der Waals surface area contributed by atoms with E-state index >= 15 is 9.59 Å². The summed E-state index contributed by atoms with van der Waals surface area (Å²) < 4.78 is 6.09. The van der Waals surface area contributed by atoms with E-state index in [2.05, 4.69) is 76.2 Å². The molecular weight excluding hydrogens is 1310 g/mol. The number of carbonyl (C=O) groups excluding carboxylic acids is 9. The van der Waals surface area contributed by atoms with Crippen LogP contribution in [0, 0.1) is 29.6 Å². The van der Waals surface area contributed by atoms with Crippen molar-refractivity contribution in [3.63, 3.8) is 0 Å². The Kier molecular flexibility index (Phi) is 30.0. The highest BCUT2D eigenvalue weighted by molar-refractivity contribution is 7.99. The number of amides is 8. The van der Waals surface area contributed by atoms with Gasteiger partial charge >= 0.3 is 5.97 Å². The molecule has 0 unspecified atom stereocenters. The lowest BCUT2D eigenvalue weighted by atomic mass is 9.93. The summed E-state index contributed by atoms with van der Waals surface area (Å²) in [7, 11) is 9.90. The predicted molar refractivity (Wildman–Crippen MR) is 393 cm³/mol. The molecule has 3 aliphatic heterocycles. The standard InChI is InChI=1S/C60H92N8O11.C17H19ClN2S/c1-17-38(9)46-57(75)65(14)47(36(5)6)52(70)61-42(32-35(3)4)55(73)67(16)50(60(11,12)78)59(77)79-49(39(10)18-2)58(76)66(15)48(37(7)8)53(71)62-43(33-40-26-21-19-22-27-40)54(72)64(13)45(34-41-28-23-20-24-29-41)56(74)68-31-25-30-44(68)51(69)63-46;1-19(2)10-5-11-20-14-6-3-4-7-16(14)21-17-9-8-13(18)12-15(17)20/h19-24,26-29,35-39,42-50,78H,17-18,25,30-34H2,1-16H3,(H,61,70)(H,62,71)(H,63,69);3-4,6-9,12H,5,10-11H2,1-2H3/t38-,39+,42-,43-,44-,45-,46-,47-,48-,49+,50-;/m0./s1. The first-order valence-corrected chi connectivity index (χ1v) is 36.6. The van der Waals surface area contributed by atoms with Crippen LogP contribution in [0.25, 0.3) is 0 Å². The summed E-state index contributed by atoms with van der Waals surface area (Å²) in [5.74, 6) is -8.65. The number of benzene rings is 4. The van der Waals surface area contributed by atoms with Crippen LogP contribution in [0.1, 0.15) is 133 Å². The minimum atomic E-state index is -1.97. The van der Waals surface area contributed by atoms with Gasteiger partial charge in [-0.15, -0.1) is 0 Å². The first-order chi connectivity index (χ1) is 47.1. The molecule has 21 nitrogen and oxygen atoms in total. The molecule has 0 aromatic heterocycles. The van der Waals surface area contributed by atoms with Gasteiger partial charge in [-0.3, -0.25) is 38.4 Å². The number of nitrogens with one attached hydrogen (secondary N) is 3. The number of para-hydroxylation sites is 1. The lowest BCUT2D eigenvalue weighted by Gasteiger charge is -2.39. The zero-order chi connectivity index (χ0) is 74.2. The Morgan fingerprint density at radius 1 is 0.610 bits per heavy atom. The van der Waals surface area contributed by atoms with E-state index in [-0.39, 0.29) is 38.1 Å². The second-order valence-electron chi connectivity index (χ2n) is 29.2. The third-order valence-electron chi connectivity index (χ3n) is 19.4. The van der Waals surface area contributed by atoms with Crippen molar-refractivity contribution in [1.29, 1.82) is 0 Å². The lowest BCUT2D eigenvalue weighted by Crippen LogP contribution is -2.63. The van der Waals surface area contributed by atoms with E-state index in [1.165, 1.54) is 82.8 Å². The Balaban J connectivity index is 0.000000629. The van der Waals surface area contributed by atoms with Crippen LogP contribution in [0.4, 0.5) is 11.4 Å². The monoisotopic (exact) mass is 1420 g/mol. The van der Waals surface area contributed by atoms with Crippen LogP contribution < -0.4 is 20.9 Å². The molecule has 0 spiro atoms. The molecule has 4 aromatic rings. The zero-order valence-corrected chi connectivity index (χ0v) is 63.7. The Hall–Kier alpha value is -7.53. The summed E-state index contributed by atoms with van der Waals surface area (Å²) in [5, 5.41) is 21.3. The van der Waals surface area contributed by atoms with Gasteiger partial charge in [-0.1, -0.05) is 172 Å². The molecular formula is C77H111ClN10O11S. The predicted octanol–water partition coefficient (Wildman–Crippen LogP) is 9.27. The molecule has 11 atom stereocenters. The molecule has 2 fully saturated rings. The Morgan fingerprint density at radius 3 is 1.69 bits per heavy atom.